The number of benzene rings is 2. The van der Waals surface area contributed by atoms with Crippen LogP contribution in [0, 0.1) is 6.92 Å². The number of hydrogen-bond acceptors (Lipinski definition) is 3. The highest BCUT2D eigenvalue weighted by molar-refractivity contribution is 5.98. The maximum absolute atomic E-state index is 13.0. The molecule has 0 aliphatic rings. The molecule has 4 heteroatoms. The molecule has 1 amide bonds. The molecule has 2 N–H and O–H groups in total. The quantitative estimate of drug-likeness (QED) is 0.472. The zero-order valence-electron chi connectivity index (χ0n) is 21.6. The van der Waals surface area contributed by atoms with E-state index < -0.39 is 5.54 Å². The summed E-state index contributed by atoms with van der Waals surface area (Å²) in [6, 6.07) is 9.66. The molecule has 2 aromatic rings. The van der Waals surface area contributed by atoms with Gasteiger partial charge in [-0.1, -0.05) is 47.6 Å². The Hall–Kier alpha value is -2.49. The SMILES string of the molecule is CCC(C)(C)c1cc(Oc2cc(C)c(O)cc2C(=O)NC(C)(C)C)cc(C(C)(C)CC)c1. The number of phenolic OH excluding ortho intramolecular Hbond substituents is 1. The molecule has 32 heavy (non-hydrogen) atoms. The smallest absolute Gasteiger partial charge is 0.255 e. The molecule has 0 radical (unpaired) electrons. The van der Waals surface area contributed by atoms with Crippen LogP contribution < -0.4 is 10.1 Å². The van der Waals surface area contributed by atoms with Crippen molar-refractivity contribution >= 4 is 5.91 Å². The molecule has 0 fully saturated rings. The van der Waals surface area contributed by atoms with Gasteiger partial charge >= 0.3 is 0 Å². The van der Waals surface area contributed by atoms with Crippen molar-refractivity contribution in [1.29, 1.82) is 0 Å². The third-order valence-corrected chi connectivity index (χ3v) is 6.50. The van der Waals surface area contributed by atoms with Crippen molar-refractivity contribution in [3.63, 3.8) is 0 Å². The average Bonchev–Trinajstić information content (AvgIpc) is 2.68. The summed E-state index contributed by atoms with van der Waals surface area (Å²) in [7, 11) is 0. The molecule has 0 spiro atoms. The maximum atomic E-state index is 13.0. The molecule has 2 rings (SSSR count). The van der Waals surface area contributed by atoms with Gasteiger partial charge in [0.2, 0.25) is 0 Å². The van der Waals surface area contributed by atoms with E-state index in [9.17, 15) is 9.90 Å². The van der Waals surface area contributed by atoms with Gasteiger partial charge in [-0.25, -0.2) is 0 Å². The van der Waals surface area contributed by atoms with E-state index in [-0.39, 0.29) is 22.5 Å². The van der Waals surface area contributed by atoms with Crippen LogP contribution in [-0.4, -0.2) is 16.6 Å². The van der Waals surface area contributed by atoms with Gasteiger partial charge in [-0.2, -0.15) is 0 Å². The summed E-state index contributed by atoms with van der Waals surface area (Å²) in [5.41, 5.74) is 2.99. The first-order valence-corrected chi connectivity index (χ1v) is 11.6. The van der Waals surface area contributed by atoms with Crippen LogP contribution in [0.4, 0.5) is 0 Å². The van der Waals surface area contributed by atoms with E-state index in [0.29, 0.717) is 22.6 Å². The Bertz CT molecular complexity index is 947. The number of rotatable bonds is 7. The minimum Gasteiger partial charge on any atom is -0.508 e. The molecular formula is C28H41NO3. The minimum absolute atomic E-state index is 0.00471. The molecule has 0 bridgehead atoms. The van der Waals surface area contributed by atoms with Crippen molar-refractivity contribution in [2.75, 3.05) is 0 Å². The van der Waals surface area contributed by atoms with Gasteiger partial charge in [0.15, 0.2) is 0 Å². The second-order valence-electron chi connectivity index (χ2n) is 11.2. The molecular weight excluding hydrogens is 398 g/mol. The highest BCUT2D eigenvalue weighted by Crippen LogP contribution is 2.39. The molecule has 0 saturated heterocycles. The number of hydrogen-bond donors (Lipinski definition) is 2. The van der Waals surface area contributed by atoms with Crippen molar-refractivity contribution in [3.8, 4) is 17.2 Å². The molecule has 0 aliphatic carbocycles. The Labute approximate surface area is 194 Å². The summed E-state index contributed by atoms with van der Waals surface area (Å²) < 4.78 is 6.37. The Morgan fingerprint density at radius 3 is 1.81 bits per heavy atom. The van der Waals surface area contributed by atoms with E-state index in [1.807, 2.05) is 20.8 Å². The van der Waals surface area contributed by atoms with Gasteiger partial charge in [0.1, 0.15) is 17.2 Å². The predicted octanol–water partition coefficient (Wildman–Crippen LogP) is 7.40. The molecule has 0 unspecified atom stereocenters. The van der Waals surface area contributed by atoms with Gasteiger partial charge in [0, 0.05) is 5.54 Å². The van der Waals surface area contributed by atoms with Crippen LogP contribution >= 0.6 is 0 Å². The average molecular weight is 440 g/mol. The fourth-order valence-corrected chi connectivity index (χ4v) is 3.31. The van der Waals surface area contributed by atoms with Crippen LogP contribution in [0.3, 0.4) is 0 Å². The Morgan fingerprint density at radius 2 is 1.38 bits per heavy atom. The zero-order valence-corrected chi connectivity index (χ0v) is 21.6. The van der Waals surface area contributed by atoms with Gasteiger partial charge in [-0.05, 0) is 92.3 Å². The van der Waals surface area contributed by atoms with E-state index in [4.69, 9.17) is 4.74 Å². The van der Waals surface area contributed by atoms with Gasteiger partial charge in [-0.3, -0.25) is 4.79 Å². The van der Waals surface area contributed by atoms with Crippen LogP contribution in [-0.2, 0) is 10.8 Å². The zero-order chi connectivity index (χ0) is 24.5. The lowest BCUT2D eigenvalue weighted by Crippen LogP contribution is -2.40. The predicted molar refractivity (Wildman–Crippen MR) is 133 cm³/mol. The molecule has 2 aromatic carbocycles. The number of carbonyl (C=O) groups excluding carboxylic acids is 1. The van der Waals surface area contributed by atoms with Crippen LogP contribution in [0.2, 0.25) is 0 Å². The summed E-state index contributed by atoms with van der Waals surface area (Å²) in [5.74, 6) is 0.941. The number of aromatic hydroxyl groups is 1. The summed E-state index contributed by atoms with van der Waals surface area (Å²) >= 11 is 0. The van der Waals surface area contributed by atoms with E-state index >= 15 is 0 Å². The number of nitrogens with one attached hydrogen (secondary N) is 1. The van der Waals surface area contributed by atoms with E-state index in [2.05, 4.69) is 65.1 Å². The number of phenols is 1. The Balaban J connectivity index is 2.63. The van der Waals surface area contributed by atoms with Gasteiger partial charge in [0.25, 0.3) is 5.91 Å². The third-order valence-electron chi connectivity index (χ3n) is 6.50. The van der Waals surface area contributed by atoms with Crippen LogP contribution in [0.15, 0.2) is 30.3 Å². The van der Waals surface area contributed by atoms with E-state index in [1.165, 1.54) is 17.2 Å². The third kappa shape index (κ3) is 6.05. The van der Waals surface area contributed by atoms with Crippen LogP contribution in [0.25, 0.3) is 0 Å². The second kappa shape index (κ2) is 9.17. The van der Waals surface area contributed by atoms with Gasteiger partial charge < -0.3 is 15.2 Å². The Morgan fingerprint density at radius 1 is 0.875 bits per heavy atom. The summed E-state index contributed by atoms with van der Waals surface area (Å²) in [6.07, 6.45) is 2.00. The lowest BCUT2D eigenvalue weighted by Gasteiger charge is -2.29. The number of amides is 1. The second-order valence-corrected chi connectivity index (χ2v) is 11.2. The Kier molecular flexibility index (Phi) is 7.38. The van der Waals surface area contributed by atoms with Crippen molar-refractivity contribution in [2.24, 2.45) is 0 Å². The number of carbonyl (C=O) groups is 1. The fraction of sp³-hybridized carbons (Fsp3) is 0.536. The number of ether oxygens (including phenoxy) is 1. The molecule has 0 aliphatic heterocycles. The van der Waals surface area contributed by atoms with E-state index in [1.54, 1.807) is 13.0 Å². The molecule has 0 atom stereocenters. The maximum Gasteiger partial charge on any atom is 0.255 e. The van der Waals surface area contributed by atoms with Crippen LogP contribution in [0.1, 0.15) is 102 Å². The fourth-order valence-electron chi connectivity index (χ4n) is 3.31. The normalized spacial score (nSPS) is 12.6. The van der Waals surface area contributed by atoms with Crippen molar-refractivity contribution in [3.05, 3.63) is 52.6 Å². The first-order chi connectivity index (χ1) is 14.6. The summed E-state index contributed by atoms with van der Waals surface area (Å²) in [4.78, 5) is 13.0. The number of aryl methyl sites for hydroxylation is 1. The summed E-state index contributed by atoms with van der Waals surface area (Å²) in [6.45, 7) is 20.9. The lowest BCUT2D eigenvalue weighted by molar-refractivity contribution is 0.0916. The van der Waals surface area contributed by atoms with Crippen molar-refractivity contribution < 1.29 is 14.6 Å². The monoisotopic (exact) mass is 439 g/mol. The topological polar surface area (TPSA) is 58.6 Å². The largest absolute Gasteiger partial charge is 0.508 e. The van der Waals surface area contributed by atoms with Crippen molar-refractivity contribution in [1.82, 2.24) is 5.32 Å². The van der Waals surface area contributed by atoms with E-state index in [0.717, 1.165) is 12.8 Å². The van der Waals surface area contributed by atoms with Gasteiger partial charge in [0.05, 0.1) is 5.56 Å². The summed E-state index contributed by atoms with van der Waals surface area (Å²) in [5, 5.41) is 13.2. The molecule has 0 aromatic heterocycles. The lowest BCUT2D eigenvalue weighted by atomic mass is 9.76. The highest BCUT2D eigenvalue weighted by Gasteiger charge is 2.26. The molecule has 0 saturated carbocycles. The first kappa shape index (κ1) is 25.8. The standard InChI is InChI=1S/C28H41NO3/c1-11-27(7,8)19-14-20(28(9,10)12-2)16-21(15-19)32-24-13-18(3)23(30)17-22(24)25(31)29-26(4,5)6/h13-17,30H,11-12H2,1-10H3,(H,29,31). The molecule has 4 nitrogen and oxygen atoms in total. The molecule has 0 heterocycles. The van der Waals surface area contributed by atoms with Crippen molar-refractivity contribution in [2.45, 2.75) is 98.4 Å². The first-order valence-electron chi connectivity index (χ1n) is 11.6. The molecule has 176 valence electrons. The minimum atomic E-state index is -0.405. The van der Waals surface area contributed by atoms with Crippen LogP contribution in [0.5, 0.6) is 17.2 Å². The highest BCUT2D eigenvalue weighted by atomic mass is 16.5. The van der Waals surface area contributed by atoms with Gasteiger partial charge in [-0.15, -0.1) is 0 Å².